The molecule has 0 amide bonds. The fourth-order valence-electron chi connectivity index (χ4n) is 2.56. The van der Waals surface area contributed by atoms with E-state index < -0.39 is 10.0 Å². The molecule has 5 heteroatoms. The lowest BCUT2D eigenvalue weighted by Gasteiger charge is -2.09. The highest BCUT2D eigenvalue weighted by molar-refractivity contribution is 7.88. The SMILES string of the molecule is Cc1ccccc1CS(=O)(=O)NCCc1cc(C)n(C)c1C. The zero-order valence-corrected chi connectivity index (χ0v) is 14.5. The summed E-state index contributed by atoms with van der Waals surface area (Å²) in [6.45, 7) is 6.47. The van der Waals surface area contributed by atoms with Gasteiger partial charge in [-0.25, -0.2) is 13.1 Å². The number of rotatable bonds is 6. The third-order valence-electron chi connectivity index (χ3n) is 4.20. The Hall–Kier alpha value is -1.59. The van der Waals surface area contributed by atoms with Gasteiger partial charge in [0.2, 0.25) is 10.0 Å². The Labute approximate surface area is 133 Å². The highest BCUT2D eigenvalue weighted by Gasteiger charge is 2.13. The van der Waals surface area contributed by atoms with Crippen molar-refractivity contribution in [3.63, 3.8) is 0 Å². The molecule has 120 valence electrons. The minimum Gasteiger partial charge on any atom is -0.352 e. The molecular weight excluding hydrogens is 296 g/mol. The van der Waals surface area contributed by atoms with Gasteiger partial charge in [0, 0.05) is 25.0 Å². The van der Waals surface area contributed by atoms with Crippen LogP contribution in [0.5, 0.6) is 0 Å². The van der Waals surface area contributed by atoms with Crippen LogP contribution in [0.1, 0.15) is 28.1 Å². The second-order valence-electron chi connectivity index (χ2n) is 5.79. The van der Waals surface area contributed by atoms with Gasteiger partial charge in [0.15, 0.2) is 0 Å². The molecule has 2 aromatic rings. The minimum absolute atomic E-state index is 0.0342. The van der Waals surface area contributed by atoms with Gasteiger partial charge in [0.1, 0.15) is 0 Å². The molecule has 0 spiro atoms. The van der Waals surface area contributed by atoms with Crippen molar-refractivity contribution in [3.8, 4) is 0 Å². The van der Waals surface area contributed by atoms with Gasteiger partial charge >= 0.3 is 0 Å². The van der Waals surface area contributed by atoms with Crippen LogP contribution in [0.2, 0.25) is 0 Å². The molecule has 1 aromatic carbocycles. The summed E-state index contributed by atoms with van der Waals surface area (Å²) in [7, 11) is -1.28. The quantitative estimate of drug-likeness (QED) is 0.889. The third kappa shape index (κ3) is 3.99. The molecular formula is C17H24N2O2S. The van der Waals surface area contributed by atoms with E-state index in [9.17, 15) is 8.42 Å². The summed E-state index contributed by atoms with van der Waals surface area (Å²) in [5.74, 6) is 0.0342. The van der Waals surface area contributed by atoms with Gasteiger partial charge in [0.05, 0.1) is 5.75 Å². The normalized spacial score (nSPS) is 11.8. The molecule has 4 nitrogen and oxygen atoms in total. The van der Waals surface area contributed by atoms with Crippen LogP contribution in [0, 0.1) is 20.8 Å². The Morgan fingerprint density at radius 2 is 1.77 bits per heavy atom. The molecule has 0 aliphatic heterocycles. The van der Waals surface area contributed by atoms with Crippen LogP contribution in [0.4, 0.5) is 0 Å². The average Bonchev–Trinajstić information content (AvgIpc) is 2.69. The van der Waals surface area contributed by atoms with E-state index in [0.29, 0.717) is 13.0 Å². The lowest BCUT2D eigenvalue weighted by atomic mass is 10.1. The van der Waals surface area contributed by atoms with E-state index in [1.54, 1.807) is 0 Å². The third-order valence-corrected chi connectivity index (χ3v) is 5.54. The van der Waals surface area contributed by atoms with E-state index in [-0.39, 0.29) is 5.75 Å². The van der Waals surface area contributed by atoms with Crippen LogP contribution in [-0.4, -0.2) is 19.5 Å². The molecule has 0 saturated carbocycles. The van der Waals surface area contributed by atoms with Gasteiger partial charge in [-0.3, -0.25) is 0 Å². The van der Waals surface area contributed by atoms with E-state index in [1.165, 1.54) is 17.0 Å². The first-order valence-corrected chi connectivity index (χ1v) is 9.09. The summed E-state index contributed by atoms with van der Waals surface area (Å²) in [5.41, 5.74) is 5.42. The van der Waals surface area contributed by atoms with Gasteiger partial charge < -0.3 is 4.57 Å². The Morgan fingerprint density at radius 1 is 1.09 bits per heavy atom. The summed E-state index contributed by atoms with van der Waals surface area (Å²) in [4.78, 5) is 0. The minimum atomic E-state index is -3.30. The number of aromatic nitrogens is 1. The van der Waals surface area contributed by atoms with Gasteiger partial charge in [-0.15, -0.1) is 0 Å². The van der Waals surface area contributed by atoms with Crippen molar-refractivity contribution in [1.29, 1.82) is 0 Å². The van der Waals surface area contributed by atoms with Gasteiger partial charge in [-0.05, 0) is 49.9 Å². The maximum Gasteiger partial charge on any atom is 0.215 e. The number of nitrogens with one attached hydrogen (secondary N) is 1. The Balaban J connectivity index is 1.96. The Morgan fingerprint density at radius 3 is 2.36 bits per heavy atom. The Bertz CT molecular complexity index is 761. The molecule has 0 radical (unpaired) electrons. The smallest absolute Gasteiger partial charge is 0.215 e. The lowest BCUT2D eigenvalue weighted by Crippen LogP contribution is -2.27. The molecule has 0 saturated heterocycles. The van der Waals surface area contributed by atoms with Gasteiger partial charge in [-0.1, -0.05) is 24.3 Å². The second kappa shape index (κ2) is 6.67. The standard InChI is InChI=1S/C17H24N2O2S/c1-13-7-5-6-8-17(13)12-22(20,21)18-10-9-16-11-14(2)19(4)15(16)3/h5-8,11,18H,9-10,12H2,1-4H3. The number of aryl methyl sites for hydroxylation is 2. The second-order valence-corrected chi connectivity index (χ2v) is 7.59. The van der Waals surface area contributed by atoms with Crippen molar-refractivity contribution in [2.24, 2.45) is 7.05 Å². The number of sulfonamides is 1. The highest BCUT2D eigenvalue weighted by Crippen LogP contribution is 2.14. The zero-order chi connectivity index (χ0) is 16.3. The van der Waals surface area contributed by atoms with Crippen LogP contribution in [0.15, 0.2) is 30.3 Å². The maximum atomic E-state index is 12.2. The van der Waals surface area contributed by atoms with Gasteiger partial charge in [0.25, 0.3) is 0 Å². The first-order chi connectivity index (χ1) is 10.3. The predicted molar refractivity (Wildman–Crippen MR) is 90.4 cm³/mol. The topological polar surface area (TPSA) is 51.1 Å². The lowest BCUT2D eigenvalue weighted by molar-refractivity contribution is 0.580. The van der Waals surface area contributed by atoms with E-state index in [2.05, 4.69) is 29.2 Å². The van der Waals surface area contributed by atoms with Crippen LogP contribution in [0.3, 0.4) is 0 Å². The van der Waals surface area contributed by atoms with Crippen LogP contribution in [-0.2, 0) is 29.2 Å². The number of hydrogen-bond donors (Lipinski definition) is 1. The van der Waals surface area contributed by atoms with Crippen molar-refractivity contribution in [1.82, 2.24) is 9.29 Å². The molecule has 2 rings (SSSR count). The van der Waals surface area contributed by atoms with Crippen LogP contribution >= 0.6 is 0 Å². The molecule has 0 fully saturated rings. The van der Waals surface area contributed by atoms with Crippen LogP contribution in [0.25, 0.3) is 0 Å². The van der Waals surface area contributed by atoms with Crippen molar-refractivity contribution in [3.05, 3.63) is 58.4 Å². The summed E-state index contributed by atoms with van der Waals surface area (Å²) >= 11 is 0. The molecule has 0 unspecified atom stereocenters. The zero-order valence-electron chi connectivity index (χ0n) is 13.7. The van der Waals surface area contributed by atoms with E-state index in [0.717, 1.165) is 11.1 Å². The summed E-state index contributed by atoms with van der Waals surface area (Å²) in [6, 6.07) is 9.69. The maximum absolute atomic E-state index is 12.2. The molecule has 0 aliphatic rings. The molecule has 1 heterocycles. The molecule has 0 aliphatic carbocycles. The van der Waals surface area contributed by atoms with E-state index in [1.807, 2.05) is 38.2 Å². The number of nitrogens with zero attached hydrogens (tertiary/aromatic N) is 1. The largest absolute Gasteiger partial charge is 0.352 e. The van der Waals surface area contributed by atoms with Crippen molar-refractivity contribution in [2.75, 3.05) is 6.54 Å². The first-order valence-electron chi connectivity index (χ1n) is 7.44. The monoisotopic (exact) mass is 320 g/mol. The molecule has 0 bridgehead atoms. The highest BCUT2D eigenvalue weighted by atomic mass is 32.2. The van der Waals surface area contributed by atoms with Gasteiger partial charge in [-0.2, -0.15) is 0 Å². The summed E-state index contributed by atoms with van der Waals surface area (Å²) in [5, 5.41) is 0. The van der Waals surface area contributed by atoms with Crippen molar-refractivity contribution >= 4 is 10.0 Å². The molecule has 0 atom stereocenters. The van der Waals surface area contributed by atoms with Crippen LogP contribution < -0.4 is 4.72 Å². The molecule has 1 aromatic heterocycles. The summed E-state index contributed by atoms with van der Waals surface area (Å²) in [6.07, 6.45) is 0.709. The summed E-state index contributed by atoms with van der Waals surface area (Å²) < 4.78 is 29.2. The Kier molecular flexibility index (Phi) is 5.08. The van der Waals surface area contributed by atoms with E-state index >= 15 is 0 Å². The van der Waals surface area contributed by atoms with Crippen molar-refractivity contribution in [2.45, 2.75) is 32.9 Å². The molecule has 1 N–H and O–H groups in total. The average molecular weight is 320 g/mol. The fourth-order valence-corrected chi connectivity index (χ4v) is 3.80. The number of benzene rings is 1. The first kappa shape index (κ1) is 16.8. The van der Waals surface area contributed by atoms with Crippen molar-refractivity contribution < 1.29 is 8.42 Å². The number of hydrogen-bond acceptors (Lipinski definition) is 2. The predicted octanol–water partition coefficient (Wildman–Crippen LogP) is 2.61. The molecule has 22 heavy (non-hydrogen) atoms. The van der Waals surface area contributed by atoms with E-state index in [4.69, 9.17) is 0 Å². The fraction of sp³-hybridized carbons (Fsp3) is 0.412.